The maximum atomic E-state index is 13.2. The van der Waals surface area contributed by atoms with Gasteiger partial charge in [0.25, 0.3) is 0 Å². The van der Waals surface area contributed by atoms with E-state index in [-0.39, 0.29) is 29.9 Å². The van der Waals surface area contributed by atoms with Crippen LogP contribution in [0, 0.1) is 6.92 Å². The molecule has 240 valence electrons. The zero-order chi connectivity index (χ0) is 33.6. The van der Waals surface area contributed by atoms with E-state index in [1.165, 1.54) is 39.5 Å². The zero-order valence-corrected chi connectivity index (χ0v) is 29.0. The number of carbonyl (C=O) groups excluding carboxylic acids is 2. The number of aryl methyl sites for hydroxylation is 1. The molecule has 0 aromatic heterocycles. The summed E-state index contributed by atoms with van der Waals surface area (Å²) in [6.45, 7) is 18.5. The normalized spacial score (nSPS) is 19.8. The first kappa shape index (κ1) is 32.9. The molecule has 2 aliphatic heterocycles. The van der Waals surface area contributed by atoms with E-state index in [0.29, 0.717) is 5.57 Å². The van der Waals surface area contributed by atoms with Crippen LogP contribution in [0.5, 0.6) is 0 Å². The van der Waals surface area contributed by atoms with Crippen LogP contribution >= 0.6 is 0 Å². The molecule has 3 aliphatic rings. The molecule has 5 rings (SSSR count). The van der Waals surface area contributed by atoms with E-state index < -0.39 is 5.97 Å². The standard InChI is InChI=1S/C40H48N3O3/c1-26(2)38(45)46-25-24-43(28(4)44)37-29(20-22-34-39(5,6)31-15-11-12-16-32(31)41(34)9)18-19-30(37)21-23-35-40(7,8)36-27(3)14-13-17-33(36)42(35)10/h11-17,20-23H,1,18-19,24-25H2,2-10H3/q+1. The number of amides is 1. The molecule has 0 atom stereocenters. The van der Waals surface area contributed by atoms with E-state index in [0.717, 1.165) is 29.7 Å². The van der Waals surface area contributed by atoms with Crippen molar-refractivity contribution >= 4 is 29.0 Å². The van der Waals surface area contributed by atoms with Crippen molar-refractivity contribution in [3.05, 3.63) is 118 Å². The number of allylic oxidation sites excluding steroid dienone is 7. The minimum Gasteiger partial charge on any atom is -0.460 e. The Morgan fingerprint density at radius 3 is 2.37 bits per heavy atom. The number of benzene rings is 2. The van der Waals surface area contributed by atoms with Gasteiger partial charge >= 0.3 is 5.97 Å². The average Bonchev–Trinajstić information content (AvgIpc) is 3.55. The molecule has 2 aromatic carbocycles. The van der Waals surface area contributed by atoms with Crippen molar-refractivity contribution in [2.45, 2.75) is 72.1 Å². The molecule has 0 radical (unpaired) electrons. The molecule has 0 saturated heterocycles. The Kier molecular flexibility index (Phi) is 8.87. The molecule has 0 spiro atoms. The van der Waals surface area contributed by atoms with Gasteiger partial charge in [-0.05, 0) is 75.0 Å². The van der Waals surface area contributed by atoms with E-state index in [1.807, 2.05) is 0 Å². The molecular formula is C40H48N3O3+. The summed E-state index contributed by atoms with van der Waals surface area (Å²) in [5, 5.41) is 0. The highest BCUT2D eigenvalue weighted by atomic mass is 16.5. The lowest BCUT2D eigenvalue weighted by Crippen LogP contribution is -2.32. The second-order valence-corrected chi connectivity index (χ2v) is 13.8. The predicted octanol–water partition coefficient (Wildman–Crippen LogP) is 7.81. The third-order valence-electron chi connectivity index (χ3n) is 9.88. The Balaban J connectivity index is 1.57. The van der Waals surface area contributed by atoms with Gasteiger partial charge in [0.1, 0.15) is 13.7 Å². The number of para-hydroxylation sites is 1. The largest absolute Gasteiger partial charge is 0.460 e. The molecule has 2 heterocycles. The number of carbonyl (C=O) groups is 2. The number of hydrogen-bond donors (Lipinski definition) is 0. The summed E-state index contributed by atoms with van der Waals surface area (Å²) in [5.41, 5.74) is 11.9. The number of likely N-dealkylation sites (N-methyl/N-ethyl adjacent to an activating group) is 1. The van der Waals surface area contributed by atoms with Crippen LogP contribution in [-0.4, -0.2) is 54.3 Å². The van der Waals surface area contributed by atoms with Crippen molar-refractivity contribution in [3.8, 4) is 0 Å². The summed E-state index contributed by atoms with van der Waals surface area (Å²) in [4.78, 5) is 29.4. The Hall–Kier alpha value is -4.45. The van der Waals surface area contributed by atoms with Gasteiger partial charge in [-0.1, -0.05) is 62.9 Å². The minimum atomic E-state index is -0.451. The van der Waals surface area contributed by atoms with Crippen molar-refractivity contribution in [2.75, 3.05) is 32.1 Å². The van der Waals surface area contributed by atoms with Crippen molar-refractivity contribution in [3.63, 3.8) is 0 Å². The number of ether oxygens (including phenoxy) is 1. The van der Waals surface area contributed by atoms with Crippen LogP contribution in [0.2, 0.25) is 0 Å². The molecule has 2 aromatic rings. The first-order valence-corrected chi connectivity index (χ1v) is 16.2. The van der Waals surface area contributed by atoms with E-state index in [1.54, 1.807) is 18.7 Å². The Morgan fingerprint density at radius 2 is 1.72 bits per heavy atom. The van der Waals surface area contributed by atoms with Crippen LogP contribution in [-0.2, 0) is 25.2 Å². The van der Waals surface area contributed by atoms with Gasteiger partial charge in [-0.25, -0.2) is 4.79 Å². The summed E-state index contributed by atoms with van der Waals surface area (Å²) in [6.07, 6.45) is 10.4. The van der Waals surface area contributed by atoms with Gasteiger partial charge in [-0.15, -0.1) is 0 Å². The minimum absolute atomic E-state index is 0.0902. The molecule has 0 bridgehead atoms. The predicted molar refractivity (Wildman–Crippen MR) is 188 cm³/mol. The molecule has 46 heavy (non-hydrogen) atoms. The molecule has 0 N–H and O–H groups in total. The molecule has 0 fully saturated rings. The maximum absolute atomic E-state index is 13.2. The highest BCUT2D eigenvalue weighted by Crippen LogP contribution is 2.47. The fourth-order valence-corrected chi connectivity index (χ4v) is 7.57. The van der Waals surface area contributed by atoms with Crippen LogP contribution in [0.25, 0.3) is 0 Å². The van der Waals surface area contributed by atoms with E-state index in [4.69, 9.17) is 4.74 Å². The van der Waals surface area contributed by atoms with Crippen molar-refractivity contribution in [1.29, 1.82) is 0 Å². The van der Waals surface area contributed by atoms with Crippen LogP contribution in [0.4, 0.5) is 11.4 Å². The lowest BCUT2D eigenvalue weighted by Gasteiger charge is -2.26. The van der Waals surface area contributed by atoms with E-state index in [9.17, 15) is 9.59 Å². The van der Waals surface area contributed by atoms with Crippen LogP contribution < -0.4 is 4.90 Å². The first-order chi connectivity index (χ1) is 21.7. The summed E-state index contributed by atoms with van der Waals surface area (Å²) in [7, 11) is 4.25. The SMILES string of the molecule is C=C(C)C(=O)OCCN(C(C)=O)C1=C(/C=C/C2=[N+](C)c3cccc(C)c3C2(C)C)CC/C1=C\C=C1\N(C)c2ccccc2C1(C)C. The molecule has 6 heteroatoms. The molecule has 1 amide bonds. The lowest BCUT2D eigenvalue weighted by molar-refractivity contribution is -0.401. The van der Waals surface area contributed by atoms with E-state index in [2.05, 4.69) is 132 Å². The maximum Gasteiger partial charge on any atom is 0.333 e. The number of hydrogen-bond acceptors (Lipinski definition) is 4. The molecule has 0 saturated carbocycles. The summed E-state index contributed by atoms with van der Waals surface area (Å²) >= 11 is 0. The Bertz CT molecular complexity index is 1780. The molecular weight excluding hydrogens is 570 g/mol. The van der Waals surface area contributed by atoms with Gasteiger partial charge in [0.15, 0.2) is 5.71 Å². The highest BCUT2D eigenvalue weighted by Gasteiger charge is 2.44. The monoisotopic (exact) mass is 618 g/mol. The molecule has 0 unspecified atom stereocenters. The number of rotatable bonds is 8. The summed E-state index contributed by atoms with van der Waals surface area (Å²) in [5.74, 6) is -0.541. The van der Waals surface area contributed by atoms with Gasteiger partial charge in [-0.2, -0.15) is 4.58 Å². The summed E-state index contributed by atoms with van der Waals surface area (Å²) < 4.78 is 7.72. The second kappa shape index (κ2) is 12.4. The highest BCUT2D eigenvalue weighted by molar-refractivity contribution is 6.03. The quantitative estimate of drug-likeness (QED) is 0.172. The van der Waals surface area contributed by atoms with Crippen molar-refractivity contribution in [2.24, 2.45) is 0 Å². The van der Waals surface area contributed by atoms with Gasteiger partial charge in [-0.3, -0.25) is 4.79 Å². The number of esters is 1. The van der Waals surface area contributed by atoms with Crippen LogP contribution in [0.3, 0.4) is 0 Å². The summed E-state index contributed by atoms with van der Waals surface area (Å²) in [6, 6.07) is 15.0. The average molecular weight is 619 g/mol. The van der Waals surface area contributed by atoms with Crippen molar-refractivity contribution in [1.82, 2.24) is 4.90 Å². The number of anilines is 1. The number of nitrogens with zero attached hydrogens (tertiary/aromatic N) is 3. The fourth-order valence-electron chi connectivity index (χ4n) is 7.57. The third-order valence-corrected chi connectivity index (χ3v) is 9.88. The van der Waals surface area contributed by atoms with Crippen LogP contribution in [0.1, 0.15) is 71.1 Å². The van der Waals surface area contributed by atoms with Gasteiger partial charge in [0.2, 0.25) is 11.6 Å². The van der Waals surface area contributed by atoms with Gasteiger partial charge in [0, 0.05) is 54.0 Å². The molecule has 6 nitrogen and oxygen atoms in total. The van der Waals surface area contributed by atoms with Crippen molar-refractivity contribution < 1.29 is 18.9 Å². The van der Waals surface area contributed by atoms with Gasteiger partial charge in [0.05, 0.1) is 17.7 Å². The fraction of sp³-hybridized carbons (Fsp3) is 0.375. The Labute approximate surface area is 274 Å². The van der Waals surface area contributed by atoms with Crippen LogP contribution in [0.15, 0.2) is 101 Å². The van der Waals surface area contributed by atoms with E-state index >= 15 is 0 Å². The first-order valence-electron chi connectivity index (χ1n) is 16.2. The second-order valence-electron chi connectivity index (χ2n) is 13.8. The molecule has 1 aliphatic carbocycles. The third kappa shape index (κ3) is 5.70. The van der Waals surface area contributed by atoms with Gasteiger partial charge < -0.3 is 14.5 Å². The lowest BCUT2D eigenvalue weighted by atomic mass is 9.79. The zero-order valence-electron chi connectivity index (χ0n) is 29.0. The smallest absolute Gasteiger partial charge is 0.333 e. The Morgan fingerprint density at radius 1 is 1.00 bits per heavy atom. The topological polar surface area (TPSA) is 52.9 Å². The number of fused-ring (bicyclic) bond motifs is 2.